The van der Waals surface area contributed by atoms with Gasteiger partial charge in [0.25, 0.3) is 0 Å². The second-order valence-electron chi connectivity index (χ2n) is 5.23. The van der Waals surface area contributed by atoms with Crippen molar-refractivity contribution in [3.8, 4) is 28.4 Å². The highest BCUT2D eigenvalue weighted by atomic mass is 16.7. The molecule has 0 amide bonds. The van der Waals surface area contributed by atoms with Crippen molar-refractivity contribution in [2.75, 3.05) is 13.4 Å². The van der Waals surface area contributed by atoms with Crippen molar-refractivity contribution in [2.45, 2.75) is 20.8 Å². The van der Waals surface area contributed by atoms with Crippen molar-refractivity contribution in [3.05, 3.63) is 52.8 Å². The van der Waals surface area contributed by atoms with Gasteiger partial charge in [-0.05, 0) is 19.1 Å². The first kappa shape index (κ1) is 16.9. The summed E-state index contributed by atoms with van der Waals surface area (Å²) >= 11 is 0. The summed E-state index contributed by atoms with van der Waals surface area (Å²) in [4.78, 5) is 14.9. The quantitative estimate of drug-likeness (QED) is 0.771. The second kappa shape index (κ2) is 7.30. The number of H-pyrrole nitrogens is 1. The Balaban J connectivity index is 0.000000880. The van der Waals surface area contributed by atoms with Gasteiger partial charge in [-0.1, -0.05) is 32.0 Å². The number of ether oxygens (including phenoxy) is 3. The molecular weight excluding hydrogens is 318 g/mol. The van der Waals surface area contributed by atoms with Gasteiger partial charge in [-0.25, -0.2) is 0 Å². The zero-order chi connectivity index (χ0) is 17.8. The molecular formula is C20H21NO4. The third-order valence-electron chi connectivity index (χ3n) is 3.81. The van der Waals surface area contributed by atoms with Crippen LogP contribution in [0.25, 0.3) is 22.0 Å². The van der Waals surface area contributed by atoms with Crippen LogP contribution in [0, 0.1) is 0 Å². The molecule has 1 aromatic heterocycles. The molecule has 0 unspecified atom stereocenters. The summed E-state index contributed by atoms with van der Waals surface area (Å²) in [6.07, 6.45) is 0. The lowest BCUT2D eigenvalue weighted by Crippen LogP contribution is -2.05. The lowest BCUT2D eigenvalue weighted by Gasteiger charge is -2.12. The van der Waals surface area contributed by atoms with Gasteiger partial charge in [0.2, 0.25) is 12.4 Å². The summed E-state index contributed by atoms with van der Waals surface area (Å²) in [5.41, 5.74) is 2.23. The number of para-hydroxylation sites is 1. The van der Waals surface area contributed by atoms with Gasteiger partial charge in [-0.2, -0.15) is 0 Å². The van der Waals surface area contributed by atoms with E-state index in [0.717, 1.165) is 22.3 Å². The summed E-state index contributed by atoms with van der Waals surface area (Å²) < 4.78 is 16.5. The van der Waals surface area contributed by atoms with Crippen LogP contribution in [0.5, 0.6) is 17.2 Å². The van der Waals surface area contributed by atoms with E-state index in [-0.39, 0.29) is 12.4 Å². The first-order valence-electron chi connectivity index (χ1n) is 8.45. The minimum atomic E-state index is -0.169. The van der Waals surface area contributed by atoms with Crippen LogP contribution in [0.3, 0.4) is 0 Å². The first-order valence-corrected chi connectivity index (χ1v) is 8.45. The lowest BCUT2D eigenvalue weighted by atomic mass is 10.00. The van der Waals surface area contributed by atoms with Crippen molar-refractivity contribution < 1.29 is 14.2 Å². The van der Waals surface area contributed by atoms with E-state index in [2.05, 4.69) is 4.98 Å². The third-order valence-corrected chi connectivity index (χ3v) is 3.81. The fraction of sp³-hybridized carbons (Fsp3) is 0.250. The van der Waals surface area contributed by atoms with Gasteiger partial charge in [0, 0.05) is 28.6 Å². The molecule has 0 bridgehead atoms. The fourth-order valence-corrected chi connectivity index (χ4v) is 2.84. The van der Waals surface area contributed by atoms with Gasteiger partial charge in [0.1, 0.15) is 5.75 Å². The molecule has 1 aliphatic rings. The van der Waals surface area contributed by atoms with Gasteiger partial charge in [0.15, 0.2) is 11.5 Å². The maximum absolute atomic E-state index is 12.1. The second-order valence-corrected chi connectivity index (χ2v) is 5.23. The zero-order valence-corrected chi connectivity index (χ0v) is 14.6. The molecule has 0 saturated heterocycles. The lowest BCUT2D eigenvalue weighted by molar-refractivity contribution is 0.174. The van der Waals surface area contributed by atoms with Gasteiger partial charge >= 0.3 is 0 Å². The Morgan fingerprint density at radius 3 is 2.52 bits per heavy atom. The Bertz CT molecular complexity index is 946. The third kappa shape index (κ3) is 3.18. The van der Waals surface area contributed by atoms with Gasteiger partial charge in [-0.15, -0.1) is 0 Å². The van der Waals surface area contributed by atoms with E-state index in [1.54, 1.807) is 12.1 Å². The van der Waals surface area contributed by atoms with Crippen LogP contribution in [0.1, 0.15) is 20.8 Å². The minimum absolute atomic E-state index is 0.169. The highest BCUT2D eigenvalue weighted by Crippen LogP contribution is 2.40. The Morgan fingerprint density at radius 1 is 1.04 bits per heavy atom. The van der Waals surface area contributed by atoms with Crippen LogP contribution < -0.4 is 19.8 Å². The van der Waals surface area contributed by atoms with Crippen LogP contribution in [-0.4, -0.2) is 18.4 Å². The Labute approximate surface area is 146 Å². The molecule has 0 aliphatic carbocycles. The predicted molar refractivity (Wildman–Crippen MR) is 98.6 cm³/mol. The maximum atomic E-state index is 12.1. The topological polar surface area (TPSA) is 60.6 Å². The molecule has 4 rings (SSSR count). The molecule has 0 fully saturated rings. The molecule has 1 aliphatic heterocycles. The van der Waals surface area contributed by atoms with Crippen molar-refractivity contribution in [1.29, 1.82) is 0 Å². The standard InChI is InChI=1S/C18H15NO4.C2H6/c1-2-21-15-6-4-3-5-11(15)12-8-18(20)19-14-9-17-16(7-13(12)14)22-10-23-17;1-2/h3-9H,2,10H2,1H3,(H,19,20);1-2H3. The first-order chi connectivity index (χ1) is 12.3. The van der Waals surface area contributed by atoms with E-state index < -0.39 is 0 Å². The van der Waals surface area contributed by atoms with Crippen LogP contribution in [0.15, 0.2) is 47.3 Å². The molecule has 2 heterocycles. The smallest absolute Gasteiger partial charge is 0.249 e. The zero-order valence-electron chi connectivity index (χ0n) is 14.6. The van der Waals surface area contributed by atoms with Crippen LogP contribution in [0.4, 0.5) is 0 Å². The van der Waals surface area contributed by atoms with Crippen LogP contribution in [-0.2, 0) is 0 Å². The molecule has 0 saturated carbocycles. The normalized spacial score (nSPS) is 11.8. The molecule has 2 aromatic carbocycles. The predicted octanol–water partition coefficient (Wildman–Crippen LogP) is 4.35. The molecule has 0 atom stereocenters. The summed E-state index contributed by atoms with van der Waals surface area (Å²) in [6.45, 7) is 6.69. The number of nitrogens with one attached hydrogen (secondary N) is 1. The molecule has 0 spiro atoms. The molecule has 1 N–H and O–H groups in total. The van der Waals surface area contributed by atoms with Gasteiger partial charge in [0.05, 0.1) is 12.1 Å². The van der Waals surface area contributed by atoms with Crippen molar-refractivity contribution >= 4 is 10.9 Å². The Hall–Kier alpha value is -2.95. The van der Waals surface area contributed by atoms with E-state index in [4.69, 9.17) is 14.2 Å². The van der Waals surface area contributed by atoms with E-state index in [1.165, 1.54) is 0 Å². The Morgan fingerprint density at radius 2 is 1.76 bits per heavy atom. The average Bonchev–Trinajstić information content (AvgIpc) is 3.09. The highest BCUT2D eigenvalue weighted by Gasteiger charge is 2.18. The van der Waals surface area contributed by atoms with E-state index in [1.807, 2.05) is 51.1 Å². The maximum Gasteiger partial charge on any atom is 0.249 e. The van der Waals surface area contributed by atoms with Crippen molar-refractivity contribution in [3.63, 3.8) is 0 Å². The van der Waals surface area contributed by atoms with Gasteiger partial charge < -0.3 is 19.2 Å². The van der Waals surface area contributed by atoms with Crippen LogP contribution in [0.2, 0.25) is 0 Å². The van der Waals surface area contributed by atoms with Crippen LogP contribution >= 0.6 is 0 Å². The van der Waals surface area contributed by atoms with Crippen molar-refractivity contribution in [2.24, 2.45) is 0 Å². The number of benzene rings is 2. The largest absolute Gasteiger partial charge is 0.493 e. The SMILES string of the molecule is CC.CCOc1ccccc1-c1cc(=O)[nH]c2cc3c(cc12)OCO3. The number of aromatic nitrogens is 1. The number of pyridine rings is 1. The fourth-order valence-electron chi connectivity index (χ4n) is 2.84. The molecule has 5 nitrogen and oxygen atoms in total. The van der Waals surface area contributed by atoms with Gasteiger partial charge in [-0.3, -0.25) is 4.79 Å². The summed E-state index contributed by atoms with van der Waals surface area (Å²) in [5, 5.41) is 0.890. The number of rotatable bonds is 3. The number of fused-ring (bicyclic) bond motifs is 2. The van der Waals surface area contributed by atoms with E-state index in [0.29, 0.717) is 23.6 Å². The average molecular weight is 339 g/mol. The molecule has 130 valence electrons. The minimum Gasteiger partial charge on any atom is -0.493 e. The molecule has 5 heteroatoms. The monoisotopic (exact) mass is 339 g/mol. The summed E-state index contributed by atoms with van der Waals surface area (Å²) in [7, 11) is 0. The number of hydrogen-bond donors (Lipinski definition) is 1. The highest BCUT2D eigenvalue weighted by molar-refractivity contribution is 5.97. The number of hydrogen-bond acceptors (Lipinski definition) is 4. The number of aromatic amines is 1. The van der Waals surface area contributed by atoms with Crippen molar-refractivity contribution in [1.82, 2.24) is 4.98 Å². The summed E-state index contributed by atoms with van der Waals surface area (Å²) in [6, 6.07) is 13.0. The molecule has 3 aromatic rings. The molecule has 25 heavy (non-hydrogen) atoms. The molecule has 0 radical (unpaired) electrons. The summed E-state index contributed by atoms with van der Waals surface area (Å²) in [5.74, 6) is 2.07. The van der Waals surface area contributed by atoms with E-state index in [9.17, 15) is 4.79 Å². The van der Waals surface area contributed by atoms with E-state index >= 15 is 0 Å². The Kier molecular flexibility index (Phi) is 4.93.